The van der Waals surface area contributed by atoms with Crippen molar-refractivity contribution in [2.45, 2.75) is 32.0 Å². The molecule has 0 aromatic heterocycles. The molecule has 0 spiro atoms. The summed E-state index contributed by atoms with van der Waals surface area (Å²) >= 11 is 0. The second-order valence-corrected chi connectivity index (χ2v) is 3.84. The summed E-state index contributed by atoms with van der Waals surface area (Å²) in [5, 5.41) is 0. The van der Waals surface area contributed by atoms with E-state index in [1.807, 2.05) is 0 Å². The van der Waals surface area contributed by atoms with E-state index in [4.69, 9.17) is 4.74 Å². The average molecular weight is 150 g/mol. The highest BCUT2D eigenvalue weighted by Crippen LogP contribution is 2.46. The van der Waals surface area contributed by atoms with Gasteiger partial charge in [0.2, 0.25) is 0 Å². The average Bonchev–Trinajstić information content (AvgIpc) is 2.58. The molecule has 1 aliphatic carbocycles. The van der Waals surface area contributed by atoms with Crippen LogP contribution in [0.5, 0.6) is 0 Å². The van der Waals surface area contributed by atoms with Crippen molar-refractivity contribution in [2.75, 3.05) is 0 Å². The molecule has 0 aromatic rings. The molecule has 0 bridgehead atoms. The van der Waals surface area contributed by atoms with Gasteiger partial charge in [0.1, 0.15) is 5.60 Å². The van der Waals surface area contributed by atoms with Crippen LogP contribution >= 0.6 is 0 Å². The Morgan fingerprint density at radius 3 is 3.00 bits per heavy atom. The molecule has 2 aliphatic rings. The third kappa shape index (κ3) is 1.04. The Kier molecular flexibility index (Phi) is 1.28. The highest BCUT2D eigenvalue weighted by molar-refractivity contribution is 5.24. The predicted molar refractivity (Wildman–Crippen MR) is 45.3 cm³/mol. The van der Waals surface area contributed by atoms with Gasteiger partial charge in [-0.25, -0.2) is 0 Å². The van der Waals surface area contributed by atoms with Crippen molar-refractivity contribution in [2.24, 2.45) is 5.92 Å². The van der Waals surface area contributed by atoms with E-state index < -0.39 is 0 Å². The lowest BCUT2D eigenvalue weighted by Gasteiger charge is -2.15. The fourth-order valence-corrected chi connectivity index (χ4v) is 1.68. The molecule has 1 saturated heterocycles. The van der Waals surface area contributed by atoms with Crippen LogP contribution in [0.1, 0.15) is 20.3 Å². The van der Waals surface area contributed by atoms with Gasteiger partial charge in [-0.2, -0.15) is 0 Å². The molecule has 1 nitrogen and oxygen atoms in total. The summed E-state index contributed by atoms with van der Waals surface area (Å²) in [6.07, 6.45) is 6.00. The third-order valence-corrected chi connectivity index (χ3v) is 2.74. The Morgan fingerprint density at radius 1 is 1.73 bits per heavy atom. The van der Waals surface area contributed by atoms with Gasteiger partial charge in [0.15, 0.2) is 0 Å². The maximum Gasteiger partial charge on any atom is 0.110 e. The molecular weight excluding hydrogens is 136 g/mol. The highest BCUT2D eigenvalue weighted by atomic mass is 16.6. The van der Waals surface area contributed by atoms with Gasteiger partial charge in [-0.3, -0.25) is 0 Å². The van der Waals surface area contributed by atoms with Crippen LogP contribution in [0.2, 0.25) is 0 Å². The topological polar surface area (TPSA) is 12.5 Å². The van der Waals surface area contributed by atoms with Gasteiger partial charge in [0.05, 0.1) is 6.10 Å². The minimum Gasteiger partial charge on any atom is -0.362 e. The van der Waals surface area contributed by atoms with Gasteiger partial charge in [0.25, 0.3) is 0 Å². The number of epoxide rings is 1. The molecule has 0 saturated carbocycles. The number of allylic oxidation sites excluding steroid dienone is 2. The first-order valence-corrected chi connectivity index (χ1v) is 4.14. The molecule has 1 fully saturated rings. The smallest absolute Gasteiger partial charge is 0.110 e. The lowest BCUT2D eigenvalue weighted by Crippen LogP contribution is -2.15. The van der Waals surface area contributed by atoms with Gasteiger partial charge in [-0.05, 0) is 26.2 Å². The largest absolute Gasteiger partial charge is 0.362 e. The van der Waals surface area contributed by atoms with Crippen LogP contribution in [-0.4, -0.2) is 11.7 Å². The summed E-state index contributed by atoms with van der Waals surface area (Å²) in [7, 11) is 0. The maximum absolute atomic E-state index is 5.52. The fourth-order valence-electron chi connectivity index (χ4n) is 1.68. The van der Waals surface area contributed by atoms with Gasteiger partial charge >= 0.3 is 0 Å². The van der Waals surface area contributed by atoms with Crippen LogP contribution in [0.4, 0.5) is 0 Å². The Labute approximate surface area is 67.7 Å². The number of rotatable bonds is 1. The van der Waals surface area contributed by atoms with E-state index >= 15 is 0 Å². The molecular formula is C10H14O. The molecule has 0 aromatic carbocycles. The van der Waals surface area contributed by atoms with E-state index in [9.17, 15) is 0 Å². The van der Waals surface area contributed by atoms with Gasteiger partial charge in [0, 0.05) is 0 Å². The quantitative estimate of drug-likeness (QED) is 0.412. The van der Waals surface area contributed by atoms with E-state index in [0.717, 1.165) is 6.42 Å². The van der Waals surface area contributed by atoms with Gasteiger partial charge < -0.3 is 4.74 Å². The number of fused-ring (bicyclic) bond motifs is 1. The number of ether oxygens (including phenoxy) is 1. The first-order chi connectivity index (χ1) is 5.12. The van der Waals surface area contributed by atoms with Crippen molar-refractivity contribution < 1.29 is 4.74 Å². The predicted octanol–water partition coefficient (Wildman–Crippen LogP) is 2.30. The lowest BCUT2D eigenvalue weighted by atomic mass is 9.86. The van der Waals surface area contributed by atoms with E-state index in [0.29, 0.717) is 12.0 Å². The van der Waals surface area contributed by atoms with Crippen LogP contribution in [0, 0.1) is 5.92 Å². The van der Waals surface area contributed by atoms with E-state index in [1.165, 1.54) is 5.57 Å². The normalized spacial score (nSPS) is 46.7. The zero-order valence-corrected chi connectivity index (χ0v) is 7.13. The molecule has 0 radical (unpaired) electrons. The summed E-state index contributed by atoms with van der Waals surface area (Å²) in [4.78, 5) is 0. The molecule has 0 amide bonds. The zero-order chi connectivity index (χ0) is 8.06. The summed E-state index contributed by atoms with van der Waals surface area (Å²) in [6, 6.07) is 0. The Bertz CT molecular complexity index is 229. The molecule has 2 rings (SSSR count). The van der Waals surface area contributed by atoms with E-state index in [1.54, 1.807) is 0 Å². The number of hydrogen-bond acceptors (Lipinski definition) is 1. The minimum absolute atomic E-state index is 0.0892. The molecule has 3 atom stereocenters. The highest BCUT2D eigenvalue weighted by Gasteiger charge is 2.52. The lowest BCUT2D eigenvalue weighted by molar-refractivity contribution is 0.339. The molecule has 0 N–H and O–H groups in total. The summed E-state index contributed by atoms with van der Waals surface area (Å²) < 4.78 is 5.52. The van der Waals surface area contributed by atoms with Crippen molar-refractivity contribution in [1.82, 2.24) is 0 Å². The second-order valence-electron chi connectivity index (χ2n) is 3.84. The maximum atomic E-state index is 5.52. The van der Waals surface area contributed by atoms with Crippen molar-refractivity contribution in [3.05, 3.63) is 24.3 Å². The molecule has 1 heteroatoms. The van der Waals surface area contributed by atoms with Crippen LogP contribution in [0.3, 0.4) is 0 Å². The zero-order valence-electron chi connectivity index (χ0n) is 7.13. The van der Waals surface area contributed by atoms with Crippen molar-refractivity contribution >= 4 is 0 Å². The Morgan fingerprint density at radius 2 is 2.45 bits per heavy atom. The monoisotopic (exact) mass is 150 g/mol. The van der Waals surface area contributed by atoms with E-state index in [2.05, 4.69) is 32.6 Å². The summed E-state index contributed by atoms with van der Waals surface area (Å²) in [5.41, 5.74) is 1.34. The molecule has 1 unspecified atom stereocenters. The molecule has 1 aliphatic heterocycles. The van der Waals surface area contributed by atoms with Gasteiger partial charge in [-0.1, -0.05) is 24.3 Å². The second kappa shape index (κ2) is 1.98. The van der Waals surface area contributed by atoms with Crippen LogP contribution < -0.4 is 0 Å². The Balaban J connectivity index is 2.12. The summed E-state index contributed by atoms with van der Waals surface area (Å²) in [5.74, 6) is 0.551. The molecule has 1 heterocycles. The molecule has 60 valence electrons. The first kappa shape index (κ1) is 7.11. The Hall–Kier alpha value is -0.560. The van der Waals surface area contributed by atoms with Crippen molar-refractivity contribution in [3.8, 4) is 0 Å². The van der Waals surface area contributed by atoms with E-state index in [-0.39, 0.29) is 5.60 Å². The van der Waals surface area contributed by atoms with Crippen LogP contribution in [0.25, 0.3) is 0 Å². The van der Waals surface area contributed by atoms with Crippen molar-refractivity contribution in [1.29, 1.82) is 0 Å². The summed E-state index contributed by atoms with van der Waals surface area (Å²) in [6.45, 7) is 8.17. The van der Waals surface area contributed by atoms with Crippen LogP contribution in [-0.2, 0) is 4.74 Å². The van der Waals surface area contributed by atoms with Gasteiger partial charge in [-0.15, -0.1) is 0 Å². The standard InChI is InChI=1S/C10H14O/c1-7(2)8-4-5-10(3)9(6-8)11-10/h4-5,8-9H,1,6H2,2-3H3/t8-,9?,10-/m0/s1. The fraction of sp³-hybridized carbons (Fsp3) is 0.600. The minimum atomic E-state index is 0.0892. The van der Waals surface area contributed by atoms with Crippen LogP contribution in [0.15, 0.2) is 24.3 Å². The SMILES string of the molecule is C=C(C)[C@H]1C=C[C@]2(C)OC2C1. The van der Waals surface area contributed by atoms with Crippen molar-refractivity contribution in [3.63, 3.8) is 0 Å². The molecule has 11 heavy (non-hydrogen) atoms. The third-order valence-electron chi connectivity index (χ3n) is 2.74. The number of hydrogen-bond donors (Lipinski definition) is 0. The first-order valence-electron chi connectivity index (χ1n) is 4.14.